The molecule has 0 unspecified atom stereocenters. The molecule has 4 nitrogen and oxygen atoms in total. The van der Waals surface area contributed by atoms with Crippen molar-refractivity contribution in [1.29, 1.82) is 0 Å². The minimum Gasteiger partial charge on any atom is -0.361 e. The highest BCUT2D eigenvalue weighted by Gasteiger charge is 2.19. The van der Waals surface area contributed by atoms with Gasteiger partial charge in [-0.25, -0.2) is 0 Å². The van der Waals surface area contributed by atoms with Gasteiger partial charge >= 0.3 is 0 Å². The fourth-order valence-corrected chi connectivity index (χ4v) is 1.50. The highest BCUT2D eigenvalue weighted by atomic mass is 16.5. The molecule has 0 aromatic carbocycles. The average Bonchev–Trinajstić information content (AvgIpc) is 2.49. The molecule has 0 radical (unpaired) electrons. The van der Waals surface area contributed by atoms with Crippen molar-refractivity contribution in [2.24, 2.45) is 5.92 Å². The number of aryl methyl sites for hydroxylation is 1. The van der Waals surface area contributed by atoms with Crippen molar-refractivity contribution in [3.8, 4) is 0 Å². The Morgan fingerprint density at radius 3 is 3.00 bits per heavy atom. The van der Waals surface area contributed by atoms with E-state index in [2.05, 4.69) is 10.5 Å². The second kappa shape index (κ2) is 3.82. The third-order valence-corrected chi connectivity index (χ3v) is 2.64. The van der Waals surface area contributed by atoms with E-state index in [0.717, 1.165) is 6.54 Å². The Morgan fingerprint density at radius 1 is 1.71 bits per heavy atom. The van der Waals surface area contributed by atoms with Gasteiger partial charge in [0, 0.05) is 12.6 Å². The predicted octanol–water partition coefficient (Wildman–Crippen LogP) is 1.51. The lowest BCUT2D eigenvalue weighted by molar-refractivity contribution is 0.0930. The zero-order valence-corrected chi connectivity index (χ0v) is 8.25. The van der Waals surface area contributed by atoms with Crippen LogP contribution in [0.5, 0.6) is 0 Å². The molecule has 1 heterocycles. The number of carbonyl (C=O) groups excluding carboxylic acids is 1. The van der Waals surface area contributed by atoms with Crippen LogP contribution in [0.4, 0.5) is 0 Å². The topological polar surface area (TPSA) is 55.1 Å². The summed E-state index contributed by atoms with van der Waals surface area (Å²) in [7, 11) is 0. The van der Waals surface area contributed by atoms with E-state index < -0.39 is 0 Å². The lowest BCUT2D eigenvalue weighted by Gasteiger charge is -2.24. The Kier molecular flexibility index (Phi) is 2.52. The normalized spacial score (nSPS) is 16.4. The van der Waals surface area contributed by atoms with Gasteiger partial charge in [-0.05, 0) is 25.7 Å². The number of aromatic nitrogens is 1. The van der Waals surface area contributed by atoms with E-state index in [9.17, 15) is 4.79 Å². The number of carbonyl (C=O) groups is 1. The lowest BCUT2D eigenvalue weighted by atomic mass is 9.85. The van der Waals surface area contributed by atoms with Crippen LogP contribution in [0.2, 0.25) is 0 Å². The van der Waals surface area contributed by atoms with Crippen LogP contribution in [-0.4, -0.2) is 17.6 Å². The first kappa shape index (κ1) is 9.24. The maximum absolute atomic E-state index is 11.5. The number of hydrogen-bond acceptors (Lipinski definition) is 3. The Bertz CT molecular complexity index is 329. The van der Waals surface area contributed by atoms with E-state index in [0.29, 0.717) is 17.4 Å². The van der Waals surface area contributed by atoms with Gasteiger partial charge in [0.05, 0.1) is 0 Å². The van der Waals surface area contributed by atoms with Gasteiger partial charge in [0.2, 0.25) is 0 Å². The first-order valence-corrected chi connectivity index (χ1v) is 4.97. The van der Waals surface area contributed by atoms with Gasteiger partial charge in [-0.1, -0.05) is 11.6 Å². The van der Waals surface area contributed by atoms with Crippen molar-refractivity contribution in [3.63, 3.8) is 0 Å². The van der Waals surface area contributed by atoms with E-state index >= 15 is 0 Å². The van der Waals surface area contributed by atoms with E-state index in [-0.39, 0.29) is 5.91 Å². The molecule has 0 spiro atoms. The highest BCUT2D eigenvalue weighted by molar-refractivity contribution is 5.92. The number of rotatable bonds is 3. The molecule has 1 aliphatic rings. The molecule has 0 saturated heterocycles. The molecule has 1 fully saturated rings. The van der Waals surface area contributed by atoms with Gasteiger partial charge in [-0.15, -0.1) is 0 Å². The Hall–Kier alpha value is -1.32. The standard InChI is InChI=1S/C10H14N2O2/c1-7-5-9(12-14-7)10(13)11-6-8-3-2-4-8/h5,8H,2-4,6H2,1H3,(H,11,13). The van der Waals surface area contributed by atoms with E-state index in [1.165, 1.54) is 19.3 Å². The number of nitrogens with one attached hydrogen (secondary N) is 1. The van der Waals surface area contributed by atoms with Crippen molar-refractivity contribution >= 4 is 5.91 Å². The summed E-state index contributed by atoms with van der Waals surface area (Å²) in [4.78, 5) is 11.5. The predicted molar refractivity (Wildman–Crippen MR) is 50.9 cm³/mol. The molecule has 0 aliphatic heterocycles. The van der Waals surface area contributed by atoms with Gasteiger partial charge in [-0.2, -0.15) is 0 Å². The molecule has 1 aromatic rings. The van der Waals surface area contributed by atoms with Gasteiger partial charge < -0.3 is 9.84 Å². The molecule has 1 N–H and O–H groups in total. The van der Waals surface area contributed by atoms with Gasteiger partial charge in [0.25, 0.3) is 5.91 Å². The van der Waals surface area contributed by atoms with Crippen molar-refractivity contribution in [1.82, 2.24) is 10.5 Å². The quantitative estimate of drug-likeness (QED) is 0.793. The first-order chi connectivity index (χ1) is 6.75. The molecule has 1 saturated carbocycles. The largest absolute Gasteiger partial charge is 0.361 e. The first-order valence-electron chi connectivity index (χ1n) is 4.97. The second-order valence-corrected chi connectivity index (χ2v) is 3.83. The Morgan fingerprint density at radius 2 is 2.50 bits per heavy atom. The van der Waals surface area contributed by atoms with Crippen LogP contribution in [-0.2, 0) is 0 Å². The summed E-state index contributed by atoms with van der Waals surface area (Å²) in [6.07, 6.45) is 3.76. The fraction of sp³-hybridized carbons (Fsp3) is 0.600. The molecule has 0 atom stereocenters. The fourth-order valence-electron chi connectivity index (χ4n) is 1.50. The minimum atomic E-state index is -0.131. The highest BCUT2D eigenvalue weighted by Crippen LogP contribution is 2.25. The monoisotopic (exact) mass is 194 g/mol. The van der Waals surface area contributed by atoms with Crippen molar-refractivity contribution in [3.05, 3.63) is 17.5 Å². The Balaban J connectivity index is 1.82. The van der Waals surface area contributed by atoms with Crippen LogP contribution in [0.25, 0.3) is 0 Å². The molecule has 1 aliphatic carbocycles. The SMILES string of the molecule is Cc1cc(C(=O)NCC2CCC2)no1. The molecule has 76 valence electrons. The maximum atomic E-state index is 11.5. The van der Waals surface area contributed by atoms with Crippen molar-refractivity contribution in [2.45, 2.75) is 26.2 Å². The zero-order valence-electron chi connectivity index (χ0n) is 8.25. The Labute approximate surface area is 82.7 Å². The van der Waals surface area contributed by atoms with E-state index in [1.807, 2.05) is 0 Å². The molecule has 0 bridgehead atoms. The summed E-state index contributed by atoms with van der Waals surface area (Å²) in [5.41, 5.74) is 0.377. The summed E-state index contributed by atoms with van der Waals surface area (Å²) >= 11 is 0. The lowest BCUT2D eigenvalue weighted by Crippen LogP contribution is -2.32. The number of amides is 1. The number of nitrogens with zero attached hydrogens (tertiary/aromatic N) is 1. The summed E-state index contributed by atoms with van der Waals surface area (Å²) in [6, 6.07) is 1.65. The third kappa shape index (κ3) is 1.95. The number of hydrogen-bond donors (Lipinski definition) is 1. The molecule has 2 rings (SSSR count). The van der Waals surface area contributed by atoms with Gasteiger partial charge in [-0.3, -0.25) is 4.79 Å². The molecule has 14 heavy (non-hydrogen) atoms. The van der Waals surface area contributed by atoms with Crippen molar-refractivity contribution < 1.29 is 9.32 Å². The van der Waals surface area contributed by atoms with Crippen LogP contribution < -0.4 is 5.32 Å². The van der Waals surface area contributed by atoms with E-state index in [1.54, 1.807) is 13.0 Å². The minimum absolute atomic E-state index is 0.131. The summed E-state index contributed by atoms with van der Waals surface area (Å²) in [5, 5.41) is 6.50. The maximum Gasteiger partial charge on any atom is 0.273 e. The van der Waals surface area contributed by atoms with Crippen LogP contribution >= 0.6 is 0 Å². The summed E-state index contributed by atoms with van der Waals surface area (Å²) in [6.45, 7) is 2.54. The average molecular weight is 194 g/mol. The van der Waals surface area contributed by atoms with E-state index in [4.69, 9.17) is 4.52 Å². The molecular weight excluding hydrogens is 180 g/mol. The van der Waals surface area contributed by atoms with Crippen LogP contribution in [0, 0.1) is 12.8 Å². The second-order valence-electron chi connectivity index (χ2n) is 3.83. The van der Waals surface area contributed by atoms with Crippen LogP contribution in [0.1, 0.15) is 35.5 Å². The summed E-state index contributed by atoms with van der Waals surface area (Å²) in [5.74, 6) is 1.21. The molecule has 4 heteroatoms. The van der Waals surface area contributed by atoms with Crippen LogP contribution in [0.3, 0.4) is 0 Å². The summed E-state index contributed by atoms with van der Waals surface area (Å²) < 4.78 is 4.82. The smallest absolute Gasteiger partial charge is 0.273 e. The molecule has 1 aromatic heterocycles. The van der Waals surface area contributed by atoms with Gasteiger partial charge in [0.15, 0.2) is 5.69 Å². The molecular formula is C10H14N2O2. The third-order valence-electron chi connectivity index (χ3n) is 2.64. The zero-order chi connectivity index (χ0) is 9.97. The van der Waals surface area contributed by atoms with Crippen molar-refractivity contribution in [2.75, 3.05) is 6.54 Å². The van der Waals surface area contributed by atoms with Gasteiger partial charge in [0.1, 0.15) is 5.76 Å². The molecule has 1 amide bonds. The van der Waals surface area contributed by atoms with Crippen LogP contribution in [0.15, 0.2) is 10.6 Å².